The number of Topliss-reactive ketones (excluding diaryl/α,β-unsaturated/α-hetero) is 1. The number of aliphatic hydroxyl groups excluding tert-OH is 1. The van der Waals surface area contributed by atoms with Crippen molar-refractivity contribution in [3.8, 4) is 11.5 Å². The molecule has 1 atom stereocenters. The number of ether oxygens (including phenoxy) is 2. The molecule has 0 spiro atoms. The fraction of sp³-hybridized carbons (Fsp3) is 0.136. The van der Waals surface area contributed by atoms with Gasteiger partial charge < -0.3 is 14.6 Å². The van der Waals surface area contributed by atoms with Crippen molar-refractivity contribution < 1.29 is 32.3 Å². The summed E-state index contributed by atoms with van der Waals surface area (Å²) in [6, 6.07) is 22.8. The second kappa shape index (κ2) is 11.4. The first-order valence-electron chi connectivity index (χ1n) is 9.00. The van der Waals surface area contributed by atoms with E-state index in [0.29, 0.717) is 5.75 Å². The molecule has 31 heavy (non-hydrogen) atoms. The van der Waals surface area contributed by atoms with Gasteiger partial charge >= 0.3 is 29.6 Å². The fourth-order valence-corrected chi connectivity index (χ4v) is 3.06. The van der Waals surface area contributed by atoms with E-state index in [1.165, 1.54) is 18.2 Å². The van der Waals surface area contributed by atoms with E-state index in [4.69, 9.17) is 14.0 Å². The molecule has 0 saturated heterocycles. The quantitative estimate of drug-likeness (QED) is 0.292. The summed E-state index contributed by atoms with van der Waals surface area (Å²) in [5.41, 5.74) is -1.04. The summed E-state index contributed by atoms with van der Waals surface area (Å²) in [5.74, 6) is -0.785. The molecule has 2 N–H and O–H groups in total. The molecule has 0 saturated carbocycles. The topological polar surface area (TPSA) is 110 Å². The number of hydrogen-bond acceptors (Lipinski definition) is 6. The molecule has 0 aromatic heterocycles. The second-order valence-corrected chi connectivity index (χ2v) is 7.91. The molecule has 7 nitrogen and oxygen atoms in total. The summed E-state index contributed by atoms with van der Waals surface area (Å²) in [6.45, 7) is 0.380. The molecule has 0 radical (unpaired) electrons. The van der Waals surface area contributed by atoms with Gasteiger partial charge in [0.25, 0.3) is 10.1 Å². The molecule has 0 amide bonds. The Labute approximate surface area is 202 Å². The van der Waals surface area contributed by atoms with E-state index in [1.807, 2.05) is 60.7 Å². The third kappa shape index (κ3) is 7.17. The molecule has 3 aromatic rings. The van der Waals surface area contributed by atoms with Crippen molar-refractivity contribution in [1.82, 2.24) is 0 Å². The molecule has 9 heteroatoms. The van der Waals surface area contributed by atoms with Crippen LogP contribution in [-0.2, 0) is 23.3 Å². The van der Waals surface area contributed by atoms with Gasteiger partial charge in [-0.2, -0.15) is 8.42 Å². The van der Waals surface area contributed by atoms with Crippen molar-refractivity contribution in [2.75, 3.05) is 0 Å². The number of ketones is 1. The standard InChI is InChI=1S/C22H20O7S.Na.H/c23-21(22(24)30(25,26)27)19-12-11-18(28-14-16-7-3-1-4-8-16)13-20(19)29-15-17-9-5-2-6-10-17;;/h1-13,22,24H,14-15H2,(H,25,26,27);;. The normalized spacial score (nSPS) is 11.8. The number of carbonyl (C=O) groups is 1. The number of carbonyl (C=O) groups excluding carboxylic acids is 1. The van der Waals surface area contributed by atoms with Gasteiger partial charge in [0.2, 0.25) is 11.2 Å². The maximum atomic E-state index is 12.4. The van der Waals surface area contributed by atoms with Crippen molar-refractivity contribution in [2.45, 2.75) is 18.6 Å². The average Bonchev–Trinajstić information content (AvgIpc) is 2.76. The number of benzene rings is 3. The Morgan fingerprint density at radius 3 is 1.87 bits per heavy atom. The molecular weight excluding hydrogens is 431 g/mol. The predicted octanol–water partition coefficient (Wildman–Crippen LogP) is 2.59. The molecule has 0 fully saturated rings. The van der Waals surface area contributed by atoms with Gasteiger partial charge in [0.05, 0.1) is 5.56 Å². The van der Waals surface area contributed by atoms with Crippen LogP contribution in [0.25, 0.3) is 0 Å². The summed E-state index contributed by atoms with van der Waals surface area (Å²) in [5, 5.41) is 9.66. The zero-order valence-electron chi connectivity index (χ0n) is 15.8. The molecule has 3 aromatic carbocycles. The van der Waals surface area contributed by atoms with Gasteiger partial charge in [-0.3, -0.25) is 9.35 Å². The van der Waals surface area contributed by atoms with Crippen LogP contribution in [0.4, 0.5) is 0 Å². The van der Waals surface area contributed by atoms with Crippen molar-refractivity contribution in [3.63, 3.8) is 0 Å². The van der Waals surface area contributed by atoms with E-state index in [-0.39, 0.29) is 54.1 Å². The van der Waals surface area contributed by atoms with Crippen molar-refractivity contribution in [3.05, 3.63) is 95.6 Å². The van der Waals surface area contributed by atoms with Crippen LogP contribution in [0.5, 0.6) is 11.5 Å². The summed E-state index contributed by atoms with van der Waals surface area (Å²) in [4.78, 5) is 12.4. The van der Waals surface area contributed by atoms with Crippen LogP contribution in [0.2, 0.25) is 0 Å². The molecule has 1 unspecified atom stereocenters. The summed E-state index contributed by atoms with van der Waals surface area (Å²) in [7, 11) is -4.97. The van der Waals surface area contributed by atoms with Crippen LogP contribution < -0.4 is 9.47 Å². The molecule has 0 aliphatic carbocycles. The van der Waals surface area contributed by atoms with Crippen LogP contribution in [0.1, 0.15) is 21.5 Å². The first kappa shape index (κ1) is 25.1. The Morgan fingerprint density at radius 2 is 1.35 bits per heavy atom. The van der Waals surface area contributed by atoms with Gasteiger partial charge in [0.1, 0.15) is 24.7 Å². The van der Waals surface area contributed by atoms with Gasteiger partial charge in [-0.1, -0.05) is 60.7 Å². The van der Waals surface area contributed by atoms with Gasteiger partial charge in [-0.05, 0) is 23.3 Å². The van der Waals surface area contributed by atoms with Crippen LogP contribution in [-0.4, -0.2) is 58.9 Å². The molecule has 158 valence electrons. The third-order valence-corrected chi connectivity index (χ3v) is 4.99. The van der Waals surface area contributed by atoms with Crippen molar-refractivity contribution in [2.24, 2.45) is 0 Å². The molecule has 0 heterocycles. The monoisotopic (exact) mass is 452 g/mol. The molecular formula is C22H21NaO7S. The first-order chi connectivity index (χ1) is 14.3. The second-order valence-electron chi connectivity index (χ2n) is 6.44. The van der Waals surface area contributed by atoms with Crippen LogP contribution in [0, 0.1) is 0 Å². The summed E-state index contributed by atoms with van der Waals surface area (Å²) >= 11 is 0. The Bertz CT molecular complexity index is 1100. The van der Waals surface area contributed by atoms with E-state index < -0.39 is 21.3 Å². The predicted molar refractivity (Wildman–Crippen MR) is 117 cm³/mol. The number of aliphatic hydroxyl groups is 1. The minimum atomic E-state index is -4.97. The van der Waals surface area contributed by atoms with Gasteiger partial charge in [0, 0.05) is 6.07 Å². The van der Waals surface area contributed by atoms with Crippen LogP contribution in [0.15, 0.2) is 78.9 Å². The van der Waals surface area contributed by atoms with Gasteiger partial charge in [0.15, 0.2) is 0 Å². The SMILES string of the molecule is O=C(c1ccc(OCc2ccccc2)cc1OCc1ccccc1)C(O)S(=O)(=O)O.[NaH]. The zero-order chi connectivity index (χ0) is 21.6. The Balaban J connectivity index is 0.00000341. The van der Waals surface area contributed by atoms with Crippen LogP contribution in [0.3, 0.4) is 0 Å². The molecule has 3 rings (SSSR count). The van der Waals surface area contributed by atoms with E-state index in [9.17, 15) is 18.3 Å². The van der Waals surface area contributed by atoms with Gasteiger partial charge in [-0.15, -0.1) is 0 Å². The van der Waals surface area contributed by atoms with E-state index in [0.717, 1.165) is 11.1 Å². The maximum absolute atomic E-state index is 12.4. The number of hydrogen-bond donors (Lipinski definition) is 2. The zero-order valence-corrected chi connectivity index (χ0v) is 16.7. The van der Waals surface area contributed by atoms with Gasteiger partial charge in [-0.25, -0.2) is 0 Å². The van der Waals surface area contributed by atoms with Crippen molar-refractivity contribution in [1.29, 1.82) is 0 Å². The molecule has 0 aliphatic rings. The average molecular weight is 452 g/mol. The fourth-order valence-electron chi connectivity index (χ4n) is 2.66. The third-order valence-electron chi connectivity index (χ3n) is 4.21. The van der Waals surface area contributed by atoms with E-state index in [1.54, 1.807) is 0 Å². The first-order valence-corrected chi connectivity index (χ1v) is 10.5. The minimum absolute atomic E-state index is 0. The Kier molecular flexibility index (Phi) is 9.24. The Hall–Kier alpha value is -2.20. The van der Waals surface area contributed by atoms with E-state index >= 15 is 0 Å². The summed E-state index contributed by atoms with van der Waals surface area (Å²) in [6.07, 6.45) is 0. The number of rotatable bonds is 9. The van der Waals surface area contributed by atoms with E-state index in [2.05, 4.69) is 0 Å². The molecule has 0 aliphatic heterocycles. The molecule has 0 bridgehead atoms. The van der Waals surface area contributed by atoms with Crippen LogP contribution >= 0.6 is 0 Å². The van der Waals surface area contributed by atoms with Crippen molar-refractivity contribution >= 4 is 45.5 Å². The Morgan fingerprint density at radius 1 is 0.839 bits per heavy atom. The summed E-state index contributed by atoms with van der Waals surface area (Å²) < 4.78 is 42.8.